The van der Waals surface area contributed by atoms with Crippen LogP contribution >= 0.6 is 11.6 Å². The van der Waals surface area contributed by atoms with E-state index >= 15 is 0 Å². The van der Waals surface area contributed by atoms with Gasteiger partial charge in [-0.15, -0.1) is 0 Å². The Morgan fingerprint density at radius 2 is 1.92 bits per heavy atom. The second kappa shape index (κ2) is 7.54. The van der Waals surface area contributed by atoms with E-state index in [2.05, 4.69) is 5.32 Å². The fourth-order valence-electron chi connectivity index (χ4n) is 2.76. The highest BCUT2D eigenvalue weighted by molar-refractivity contribution is 6.30. The smallest absolute Gasteiger partial charge is 0.339 e. The number of ether oxygens (including phenoxy) is 1. The van der Waals surface area contributed by atoms with Crippen LogP contribution in [0.1, 0.15) is 15.9 Å². The van der Waals surface area contributed by atoms with Crippen molar-refractivity contribution in [1.82, 2.24) is 10.3 Å². The fraction of sp³-hybridized carbons (Fsp3) is 0.150. The Bertz CT molecular complexity index is 1000. The van der Waals surface area contributed by atoms with Crippen molar-refractivity contribution in [3.8, 4) is 11.3 Å². The molecule has 0 spiro atoms. The van der Waals surface area contributed by atoms with E-state index < -0.39 is 5.97 Å². The first kappa shape index (κ1) is 17.9. The molecule has 6 heteroatoms. The second-order valence-electron chi connectivity index (χ2n) is 5.74. The van der Waals surface area contributed by atoms with Gasteiger partial charge in [0, 0.05) is 23.0 Å². The largest absolute Gasteiger partial charge is 0.452 e. The van der Waals surface area contributed by atoms with Crippen molar-refractivity contribution in [1.29, 1.82) is 0 Å². The maximum atomic E-state index is 12.7. The molecule has 3 rings (SSSR count). The molecule has 132 valence electrons. The summed E-state index contributed by atoms with van der Waals surface area (Å²) in [7, 11) is 1.49. The summed E-state index contributed by atoms with van der Waals surface area (Å²) in [5, 5.41) is 3.69. The van der Waals surface area contributed by atoms with E-state index in [0.29, 0.717) is 32.7 Å². The minimum Gasteiger partial charge on any atom is -0.452 e. The number of para-hydroxylation sites is 1. The van der Waals surface area contributed by atoms with Crippen LogP contribution < -0.4 is 5.32 Å². The Morgan fingerprint density at radius 3 is 2.65 bits per heavy atom. The lowest BCUT2D eigenvalue weighted by Crippen LogP contribution is -2.25. The van der Waals surface area contributed by atoms with Gasteiger partial charge < -0.3 is 10.1 Å². The molecular weight excluding hydrogens is 352 g/mol. The number of aromatic nitrogens is 1. The zero-order valence-electron chi connectivity index (χ0n) is 14.4. The highest BCUT2D eigenvalue weighted by atomic mass is 35.5. The lowest BCUT2D eigenvalue weighted by atomic mass is 9.98. The molecule has 0 aliphatic rings. The first-order valence-electron chi connectivity index (χ1n) is 8.04. The molecule has 1 N–H and O–H groups in total. The SMILES string of the molecule is CNC(=O)COC(=O)c1c(C)c(-c2cccc(Cl)c2)nc2ccccc12. The van der Waals surface area contributed by atoms with E-state index in [1.165, 1.54) is 7.05 Å². The van der Waals surface area contributed by atoms with E-state index in [4.69, 9.17) is 21.3 Å². The van der Waals surface area contributed by atoms with Crippen molar-refractivity contribution in [2.24, 2.45) is 0 Å². The summed E-state index contributed by atoms with van der Waals surface area (Å²) in [6.45, 7) is 1.48. The van der Waals surface area contributed by atoms with Crippen molar-refractivity contribution in [2.45, 2.75) is 6.92 Å². The van der Waals surface area contributed by atoms with Crippen LogP contribution in [0, 0.1) is 6.92 Å². The zero-order chi connectivity index (χ0) is 18.7. The Labute approximate surface area is 156 Å². The predicted octanol–water partition coefficient (Wildman–Crippen LogP) is 3.77. The molecule has 1 aromatic heterocycles. The molecule has 0 saturated heterocycles. The number of benzene rings is 2. The van der Waals surface area contributed by atoms with Gasteiger partial charge >= 0.3 is 5.97 Å². The number of likely N-dealkylation sites (N-methyl/N-ethyl adjacent to an activating group) is 1. The molecule has 5 nitrogen and oxygen atoms in total. The zero-order valence-corrected chi connectivity index (χ0v) is 15.1. The van der Waals surface area contributed by atoms with Crippen LogP contribution in [-0.2, 0) is 9.53 Å². The lowest BCUT2D eigenvalue weighted by Gasteiger charge is -2.14. The third kappa shape index (κ3) is 3.53. The summed E-state index contributed by atoms with van der Waals surface area (Å²) in [4.78, 5) is 28.8. The number of carbonyl (C=O) groups is 2. The van der Waals surface area contributed by atoms with E-state index in [0.717, 1.165) is 5.56 Å². The van der Waals surface area contributed by atoms with Crippen LogP contribution in [0.4, 0.5) is 0 Å². The van der Waals surface area contributed by atoms with Gasteiger partial charge in [0.15, 0.2) is 6.61 Å². The summed E-state index contributed by atoms with van der Waals surface area (Å²) in [6.07, 6.45) is 0. The Hall–Kier alpha value is -2.92. The molecule has 2 aromatic carbocycles. The van der Waals surface area contributed by atoms with Gasteiger partial charge in [0.2, 0.25) is 0 Å². The number of hydrogen-bond acceptors (Lipinski definition) is 4. The van der Waals surface area contributed by atoms with E-state index in [1.807, 2.05) is 43.3 Å². The number of pyridine rings is 1. The summed E-state index contributed by atoms with van der Waals surface area (Å²) in [5.41, 5.74) is 3.20. The molecule has 1 amide bonds. The summed E-state index contributed by atoms with van der Waals surface area (Å²) < 4.78 is 5.18. The number of carbonyl (C=O) groups excluding carboxylic acids is 2. The van der Waals surface area contributed by atoms with E-state index in [1.54, 1.807) is 12.1 Å². The van der Waals surface area contributed by atoms with Gasteiger partial charge in [-0.05, 0) is 30.7 Å². The Balaban J connectivity index is 2.16. The van der Waals surface area contributed by atoms with Gasteiger partial charge in [0.25, 0.3) is 5.91 Å². The molecule has 0 atom stereocenters. The van der Waals surface area contributed by atoms with Crippen molar-refractivity contribution < 1.29 is 14.3 Å². The first-order valence-corrected chi connectivity index (χ1v) is 8.42. The third-order valence-electron chi connectivity index (χ3n) is 4.05. The monoisotopic (exact) mass is 368 g/mol. The topological polar surface area (TPSA) is 68.3 Å². The first-order chi connectivity index (χ1) is 12.5. The molecule has 0 unspecified atom stereocenters. The highest BCUT2D eigenvalue weighted by Crippen LogP contribution is 2.31. The van der Waals surface area contributed by atoms with Crippen LogP contribution in [0.25, 0.3) is 22.2 Å². The third-order valence-corrected chi connectivity index (χ3v) is 4.29. The number of nitrogens with zero attached hydrogens (tertiary/aromatic N) is 1. The highest BCUT2D eigenvalue weighted by Gasteiger charge is 2.20. The number of fused-ring (bicyclic) bond motifs is 1. The number of esters is 1. The number of amides is 1. The number of halogens is 1. The van der Waals surface area contributed by atoms with Crippen molar-refractivity contribution in [2.75, 3.05) is 13.7 Å². The minimum absolute atomic E-state index is 0.335. The lowest BCUT2D eigenvalue weighted by molar-refractivity contribution is -0.123. The molecule has 0 fully saturated rings. The number of hydrogen-bond donors (Lipinski definition) is 1. The summed E-state index contributed by atoms with van der Waals surface area (Å²) >= 11 is 6.10. The van der Waals surface area contributed by atoms with Crippen LogP contribution in [-0.4, -0.2) is 30.5 Å². The minimum atomic E-state index is -0.562. The van der Waals surface area contributed by atoms with Crippen LogP contribution in [0.15, 0.2) is 48.5 Å². The molecule has 0 bridgehead atoms. The normalized spacial score (nSPS) is 10.6. The Kier molecular flexibility index (Phi) is 5.19. The van der Waals surface area contributed by atoms with Gasteiger partial charge in [0.05, 0.1) is 16.8 Å². The number of rotatable bonds is 4. The van der Waals surface area contributed by atoms with Crippen molar-refractivity contribution in [3.63, 3.8) is 0 Å². The predicted molar refractivity (Wildman–Crippen MR) is 101 cm³/mol. The summed E-state index contributed by atoms with van der Waals surface area (Å²) in [6, 6.07) is 14.6. The van der Waals surface area contributed by atoms with E-state index in [9.17, 15) is 9.59 Å². The fourth-order valence-corrected chi connectivity index (χ4v) is 2.95. The van der Waals surface area contributed by atoms with Crippen molar-refractivity contribution in [3.05, 3.63) is 64.7 Å². The van der Waals surface area contributed by atoms with Gasteiger partial charge in [-0.25, -0.2) is 9.78 Å². The maximum Gasteiger partial charge on any atom is 0.339 e. The molecular formula is C20H17ClN2O3. The molecule has 0 aliphatic heterocycles. The average Bonchev–Trinajstić information content (AvgIpc) is 2.65. The molecule has 0 aliphatic carbocycles. The molecule has 26 heavy (non-hydrogen) atoms. The van der Waals surface area contributed by atoms with Crippen molar-refractivity contribution >= 4 is 34.4 Å². The standard InChI is InChI=1S/C20H17ClN2O3/c1-12-18(20(25)26-11-17(24)22-2)15-8-3-4-9-16(15)23-19(12)13-6-5-7-14(21)10-13/h3-10H,11H2,1-2H3,(H,22,24). The van der Waals surface area contributed by atoms with Gasteiger partial charge in [-0.3, -0.25) is 4.79 Å². The van der Waals surface area contributed by atoms with Crippen LogP contribution in [0.5, 0.6) is 0 Å². The quantitative estimate of drug-likeness (QED) is 0.712. The Morgan fingerprint density at radius 1 is 1.15 bits per heavy atom. The average molecular weight is 369 g/mol. The summed E-state index contributed by atoms with van der Waals surface area (Å²) in [5.74, 6) is -0.933. The molecule has 1 heterocycles. The van der Waals surface area contributed by atoms with E-state index in [-0.39, 0.29) is 12.5 Å². The maximum absolute atomic E-state index is 12.7. The van der Waals surface area contributed by atoms with Gasteiger partial charge in [-0.1, -0.05) is 41.9 Å². The van der Waals surface area contributed by atoms with Gasteiger partial charge in [-0.2, -0.15) is 0 Å². The van der Waals surface area contributed by atoms with Crippen LogP contribution in [0.2, 0.25) is 5.02 Å². The molecule has 3 aromatic rings. The molecule has 0 saturated carbocycles. The van der Waals surface area contributed by atoms with Crippen LogP contribution in [0.3, 0.4) is 0 Å². The molecule has 0 radical (unpaired) electrons. The number of nitrogens with one attached hydrogen (secondary N) is 1. The second-order valence-corrected chi connectivity index (χ2v) is 6.17. The van der Waals surface area contributed by atoms with Gasteiger partial charge in [0.1, 0.15) is 0 Å².